The minimum absolute atomic E-state index is 0.0509. The molecule has 0 aliphatic rings. The number of methoxy groups -OCH3 is 1. The summed E-state index contributed by atoms with van der Waals surface area (Å²) < 4.78 is 9.74. The first kappa shape index (κ1) is 12.0. The van der Waals surface area contributed by atoms with Gasteiger partial charge in [-0.15, -0.1) is 0 Å². The lowest BCUT2D eigenvalue weighted by Crippen LogP contribution is -2.38. The van der Waals surface area contributed by atoms with Gasteiger partial charge in [-0.05, 0) is 12.1 Å². The topological polar surface area (TPSA) is 69.7 Å². The molecule has 0 bridgehead atoms. The Labute approximate surface area is 102 Å². The maximum atomic E-state index is 11.6. The van der Waals surface area contributed by atoms with Gasteiger partial charge in [0.2, 0.25) is 5.43 Å². The third-order valence-electron chi connectivity index (χ3n) is 2.46. The summed E-state index contributed by atoms with van der Waals surface area (Å²) >= 11 is 0. The summed E-state index contributed by atoms with van der Waals surface area (Å²) in [6.45, 7) is 0. The van der Waals surface area contributed by atoms with Crippen molar-refractivity contribution in [1.29, 1.82) is 0 Å². The molecular weight excluding hydrogens is 236 g/mol. The number of ether oxygens (including phenoxy) is 2. The molecule has 18 heavy (non-hydrogen) atoms. The molecule has 2 rings (SSSR count). The van der Waals surface area contributed by atoms with Gasteiger partial charge in [-0.2, -0.15) is 0 Å². The van der Waals surface area contributed by atoms with Gasteiger partial charge in [0.25, 0.3) is 5.43 Å². The normalized spacial score (nSPS) is 10.3. The van der Waals surface area contributed by atoms with E-state index in [0.717, 1.165) is 0 Å². The second-order valence-electron chi connectivity index (χ2n) is 3.63. The van der Waals surface area contributed by atoms with Crippen LogP contribution in [0, 0.1) is 0 Å². The zero-order valence-corrected chi connectivity index (χ0v) is 9.64. The molecule has 0 atom stereocenters. The van der Waals surface area contributed by atoms with Gasteiger partial charge in [0.15, 0.2) is 5.75 Å². The highest BCUT2D eigenvalue weighted by Crippen LogP contribution is 2.13. The highest BCUT2D eigenvalue weighted by molar-refractivity contribution is 5.76. The van der Waals surface area contributed by atoms with Gasteiger partial charge >= 0.3 is 5.97 Å². The summed E-state index contributed by atoms with van der Waals surface area (Å²) in [4.78, 5) is 33.8. The number of benzene rings is 1. The Morgan fingerprint density at radius 2 is 1.78 bits per heavy atom. The molecule has 0 aromatic heterocycles. The largest absolute Gasteiger partial charge is 0.492 e. The average Bonchev–Trinajstić information content (AvgIpc) is 2.39. The number of para-hydroxylation sites is 1. The molecule has 0 saturated heterocycles. The van der Waals surface area contributed by atoms with Crippen LogP contribution in [0.4, 0.5) is 0 Å². The van der Waals surface area contributed by atoms with Crippen molar-refractivity contribution < 1.29 is 14.3 Å². The van der Waals surface area contributed by atoms with Gasteiger partial charge in [-0.3, -0.25) is 14.4 Å². The maximum absolute atomic E-state index is 11.6. The van der Waals surface area contributed by atoms with Gasteiger partial charge in [-0.25, -0.2) is 0 Å². The van der Waals surface area contributed by atoms with Crippen LogP contribution in [0.3, 0.4) is 0 Å². The van der Waals surface area contributed by atoms with Crippen molar-refractivity contribution in [3.8, 4) is 11.5 Å². The van der Waals surface area contributed by atoms with Crippen molar-refractivity contribution in [2.75, 3.05) is 7.11 Å². The lowest BCUT2D eigenvalue weighted by Gasteiger charge is -2.08. The van der Waals surface area contributed by atoms with E-state index < -0.39 is 16.8 Å². The molecule has 0 unspecified atom stereocenters. The van der Waals surface area contributed by atoms with Crippen molar-refractivity contribution >= 4 is 5.97 Å². The molecule has 2 aromatic rings. The minimum atomic E-state index is -0.694. The summed E-state index contributed by atoms with van der Waals surface area (Å²) in [7, 11) is 1.28. The van der Waals surface area contributed by atoms with Crippen LogP contribution in [0.5, 0.6) is 11.5 Å². The van der Waals surface area contributed by atoms with E-state index >= 15 is 0 Å². The highest BCUT2D eigenvalue weighted by Gasteiger charge is 2.24. The van der Waals surface area contributed by atoms with E-state index in [1.165, 1.54) is 7.11 Å². The number of carbonyl (C=O) groups is 1. The van der Waals surface area contributed by atoms with Crippen LogP contribution in [0.25, 0.3) is 0 Å². The van der Waals surface area contributed by atoms with Crippen molar-refractivity contribution in [3.05, 3.63) is 56.3 Å². The third-order valence-corrected chi connectivity index (χ3v) is 2.46. The standard InChI is InChI=1S/C13H10O5/c1-17-13-9(11(15)12(13)16)7-10(14)18-8-5-3-2-4-6-8/h2-6H,7H2,1H3. The molecule has 0 heterocycles. The van der Waals surface area contributed by atoms with Crippen molar-refractivity contribution in [2.24, 2.45) is 0 Å². The average molecular weight is 246 g/mol. The van der Waals surface area contributed by atoms with Crippen LogP contribution in [0.1, 0.15) is 5.56 Å². The summed E-state index contributed by atoms with van der Waals surface area (Å²) in [5, 5.41) is 0. The SMILES string of the molecule is COc1c(CC(=O)Oc2ccccc2)c(=O)c1=O. The molecule has 0 amide bonds. The second kappa shape index (κ2) is 4.83. The number of carbonyl (C=O) groups excluding carboxylic acids is 1. The molecule has 0 spiro atoms. The van der Waals surface area contributed by atoms with Gasteiger partial charge < -0.3 is 9.47 Å². The van der Waals surface area contributed by atoms with Crippen molar-refractivity contribution in [1.82, 2.24) is 0 Å². The first-order valence-electron chi connectivity index (χ1n) is 5.25. The van der Waals surface area contributed by atoms with Crippen LogP contribution in [-0.4, -0.2) is 13.1 Å². The molecule has 0 fully saturated rings. The fourth-order valence-electron chi connectivity index (χ4n) is 1.59. The highest BCUT2D eigenvalue weighted by atomic mass is 16.5. The fraction of sp³-hybridized carbons (Fsp3) is 0.154. The van der Waals surface area contributed by atoms with Gasteiger partial charge in [0, 0.05) is 0 Å². The Balaban J connectivity index is 2.07. The zero-order chi connectivity index (χ0) is 13.1. The molecule has 0 N–H and O–H groups in total. The molecule has 92 valence electrons. The van der Waals surface area contributed by atoms with Gasteiger partial charge in [0.05, 0.1) is 19.1 Å². The Kier molecular flexibility index (Phi) is 3.23. The van der Waals surface area contributed by atoms with Crippen LogP contribution in [0.2, 0.25) is 0 Å². The van der Waals surface area contributed by atoms with Gasteiger partial charge in [0.1, 0.15) is 5.75 Å². The predicted molar refractivity (Wildman–Crippen MR) is 63.7 cm³/mol. The Bertz CT molecular complexity index is 635. The lowest BCUT2D eigenvalue weighted by atomic mass is 10.1. The first-order chi connectivity index (χ1) is 8.63. The molecular formula is C13H10O5. The molecule has 2 aromatic carbocycles. The van der Waals surface area contributed by atoms with Crippen molar-refractivity contribution in [2.45, 2.75) is 6.42 Å². The predicted octanol–water partition coefficient (Wildman–Crippen LogP) is 0.439. The molecule has 0 aliphatic carbocycles. The van der Waals surface area contributed by atoms with Crippen LogP contribution in [-0.2, 0) is 11.2 Å². The lowest BCUT2D eigenvalue weighted by molar-refractivity contribution is -0.133. The number of hydrogen-bond donors (Lipinski definition) is 0. The van der Waals surface area contributed by atoms with E-state index in [9.17, 15) is 14.4 Å². The van der Waals surface area contributed by atoms with E-state index in [2.05, 4.69) is 0 Å². The number of hydrogen-bond acceptors (Lipinski definition) is 5. The summed E-state index contributed by atoms with van der Waals surface area (Å²) in [5.74, 6) is -0.267. The van der Waals surface area contributed by atoms with Crippen LogP contribution >= 0.6 is 0 Å². The first-order valence-corrected chi connectivity index (χ1v) is 5.25. The maximum Gasteiger partial charge on any atom is 0.315 e. The fourth-order valence-corrected chi connectivity index (χ4v) is 1.59. The number of esters is 1. The van der Waals surface area contributed by atoms with E-state index in [1.54, 1.807) is 30.3 Å². The van der Waals surface area contributed by atoms with E-state index in [0.29, 0.717) is 5.75 Å². The Hall–Kier alpha value is -2.43. The molecule has 5 heteroatoms. The zero-order valence-electron chi connectivity index (χ0n) is 9.64. The Morgan fingerprint density at radius 3 is 2.39 bits per heavy atom. The van der Waals surface area contributed by atoms with E-state index in [-0.39, 0.29) is 17.7 Å². The Morgan fingerprint density at radius 1 is 1.11 bits per heavy atom. The van der Waals surface area contributed by atoms with Crippen molar-refractivity contribution in [3.63, 3.8) is 0 Å². The minimum Gasteiger partial charge on any atom is -0.492 e. The van der Waals surface area contributed by atoms with Crippen LogP contribution in [0.15, 0.2) is 39.9 Å². The monoisotopic (exact) mass is 246 g/mol. The third kappa shape index (κ3) is 2.15. The van der Waals surface area contributed by atoms with Crippen LogP contribution < -0.4 is 20.3 Å². The summed E-state index contributed by atoms with van der Waals surface area (Å²) in [6.07, 6.45) is -0.261. The molecule has 0 radical (unpaired) electrons. The molecule has 0 saturated carbocycles. The smallest absolute Gasteiger partial charge is 0.315 e. The van der Waals surface area contributed by atoms with Gasteiger partial charge in [-0.1, -0.05) is 18.2 Å². The molecule has 0 aliphatic heterocycles. The van der Waals surface area contributed by atoms with E-state index in [1.807, 2.05) is 0 Å². The quantitative estimate of drug-likeness (QED) is 0.445. The number of rotatable bonds is 4. The van der Waals surface area contributed by atoms with E-state index in [4.69, 9.17) is 9.47 Å². The molecule has 5 nitrogen and oxygen atoms in total. The second-order valence-corrected chi connectivity index (χ2v) is 3.63. The summed E-state index contributed by atoms with van der Waals surface area (Å²) in [6, 6.07) is 8.48. The summed E-state index contributed by atoms with van der Waals surface area (Å²) in [5.41, 5.74) is -1.31.